The molecular weight excluding hydrogens is 693 g/mol. The average Bonchev–Trinajstić information content (AvgIpc) is 3.84. The monoisotopic (exact) mass is 726 g/mol. The van der Waals surface area contributed by atoms with Crippen molar-refractivity contribution in [3.63, 3.8) is 0 Å². The van der Waals surface area contributed by atoms with E-state index in [9.17, 15) is 0 Å². The summed E-state index contributed by atoms with van der Waals surface area (Å²) in [6.45, 7) is 0. The number of rotatable bonds is 5. The maximum atomic E-state index is 6.74. The third kappa shape index (κ3) is 4.92. The Morgan fingerprint density at radius 3 is 1.86 bits per heavy atom. The molecule has 57 heavy (non-hydrogen) atoms. The van der Waals surface area contributed by atoms with Crippen LogP contribution in [0.1, 0.15) is 0 Å². The maximum Gasteiger partial charge on any atom is 0.143 e. The standard InChI is InChI=1S/C54H34N2O/c1-2-15-41(16-3-1)56-48-32-29-43(34-47(48)52-44-17-8-6-12-37(44)26-31-50(52)56)55(42-27-23-36(24-28-42)40-22-21-35-11-4-5-14-39(35)33-40)49-19-10-20-51-53(49)46-30-25-38-13-7-9-18-45(38)54(46)57-51/h1-34H. The second kappa shape index (κ2) is 12.5. The Kier molecular flexibility index (Phi) is 6.93. The Labute approximate surface area is 328 Å². The van der Waals surface area contributed by atoms with Crippen LogP contribution in [0.15, 0.2) is 211 Å². The fraction of sp³-hybridized carbons (Fsp3) is 0. The lowest BCUT2D eigenvalue weighted by Crippen LogP contribution is -2.10. The molecule has 0 unspecified atom stereocenters. The van der Waals surface area contributed by atoms with Gasteiger partial charge < -0.3 is 13.9 Å². The molecule has 10 aromatic carbocycles. The first-order valence-corrected chi connectivity index (χ1v) is 19.5. The van der Waals surface area contributed by atoms with Crippen molar-refractivity contribution in [3.8, 4) is 16.8 Å². The normalized spacial score (nSPS) is 11.9. The van der Waals surface area contributed by atoms with Crippen LogP contribution in [0.3, 0.4) is 0 Å². The number of para-hydroxylation sites is 1. The first kappa shape index (κ1) is 31.7. The molecule has 0 aliphatic heterocycles. The van der Waals surface area contributed by atoms with Crippen LogP contribution in [0.2, 0.25) is 0 Å². The SMILES string of the molecule is c1ccc(-n2c3ccc(N(c4ccc(-c5ccc6ccccc6c5)cc4)c4cccc5oc6c7ccccc7ccc6c45)cc3c3c4ccccc4ccc32)cc1. The quantitative estimate of drug-likeness (QED) is 0.176. The third-order valence-electron chi connectivity index (χ3n) is 11.7. The molecule has 0 saturated carbocycles. The number of furan rings is 1. The van der Waals surface area contributed by atoms with Gasteiger partial charge in [-0.2, -0.15) is 0 Å². The highest BCUT2D eigenvalue weighted by atomic mass is 16.3. The minimum absolute atomic E-state index is 0.865. The number of anilines is 3. The lowest BCUT2D eigenvalue weighted by molar-refractivity contribution is 0.672. The zero-order chi connectivity index (χ0) is 37.5. The van der Waals surface area contributed by atoms with E-state index in [1.165, 1.54) is 59.9 Å². The highest BCUT2D eigenvalue weighted by Gasteiger charge is 2.23. The van der Waals surface area contributed by atoms with Crippen LogP contribution in [-0.2, 0) is 0 Å². The van der Waals surface area contributed by atoms with E-state index < -0.39 is 0 Å². The summed E-state index contributed by atoms with van der Waals surface area (Å²) >= 11 is 0. The van der Waals surface area contributed by atoms with Crippen molar-refractivity contribution < 1.29 is 4.42 Å². The predicted molar refractivity (Wildman–Crippen MR) is 241 cm³/mol. The molecule has 2 aromatic heterocycles. The summed E-state index contributed by atoms with van der Waals surface area (Å²) in [5.41, 5.74) is 10.9. The van der Waals surface area contributed by atoms with Gasteiger partial charge in [0, 0.05) is 38.6 Å². The Morgan fingerprint density at radius 2 is 1.02 bits per heavy atom. The van der Waals surface area contributed by atoms with Gasteiger partial charge in [0.2, 0.25) is 0 Å². The van der Waals surface area contributed by atoms with Gasteiger partial charge in [-0.05, 0) is 111 Å². The molecule has 266 valence electrons. The van der Waals surface area contributed by atoms with Gasteiger partial charge in [-0.3, -0.25) is 0 Å². The minimum atomic E-state index is 0.865. The Balaban J connectivity index is 1.12. The Hall–Kier alpha value is -7.62. The first-order chi connectivity index (χ1) is 28.3. The minimum Gasteiger partial charge on any atom is -0.455 e. The molecule has 0 aliphatic carbocycles. The molecule has 12 rings (SSSR count). The van der Waals surface area contributed by atoms with E-state index in [0.717, 1.165) is 50.1 Å². The topological polar surface area (TPSA) is 21.3 Å². The van der Waals surface area contributed by atoms with Crippen LogP contribution in [0, 0.1) is 0 Å². The second-order valence-corrected chi connectivity index (χ2v) is 14.9. The largest absolute Gasteiger partial charge is 0.455 e. The fourth-order valence-electron chi connectivity index (χ4n) is 9.09. The Bertz CT molecular complexity index is 3520. The molecular formula is C54H34N2O. The summed E-state index contributed by atoms with van der Waals surface area (Å²) in [7, 11) is 0. The summed E-state index contributed by atoms with van der Waals surface area (Å²) in [4.78, 5) is 2.41. The molecule has 0 fully saturated rings. The van der Waals surface area contributed by atoms with Gasteiger partial charge in [0.25, 0.3) is 0 Å². The van der Waals surface area contributed by atoms with Gasteiger partial charge in [0.05, 0.1) is 22.1 Å². The summed E-state index contributed by atoms with van der Waals surface area (Å²) in [6.07, 6.45) is 0. The molecule has 2 heterocycles. The number of fused-ring (bicyclic) bond motifs is 11. The number of hydrogen-bond acceptors (Lipinski definition) is 2. The van der Waals surface area contributed by atoms with Crippen molar-refractivity contribution in [1.82, 2.24) is 4.57 Å². The summed E-state index contributed by atoms with van der Waals surface area (Å²) < 4.78 is 9.14. The summed E-state index contributed by atoms with van der Waals surface area (Å²) in [5.74, 6) is 0. The van der Waals surface area contributed by atoms with Crippen molar-refractivity contribution in [1.29, 1.82) is 0 Å². The fourth-order valence-corrected chi connectivity index (χ4v) is 9.09. The van der Waals surface area contributed by atoms with Crippen molar-refractivity contribution in [2.75, 3.05) is 4.90 Å². The van der Waals surface area contributed by atoms with Crippen molar-refractivity contribution in [3.05, 3.63) is 206 Å². The van der Waals surface area contributed by atoms with Gasteiger partial charge >= 0.3 is 0 Å². The van der Waals surface area contributed by atoms with E-state index in [-0.39, 0.29) is 0 Å². The van der Waals surface area contributed by atoms with Crippen LogP contribution < -0.4 is 4.90 Å². The van der Waals surface area contributed by atoms with Crippen molar-refractivity contribution in [2.24, 2.45) is 0 Å². The van der Waals surface area contributed by atoms with Crippen LogP contribution in [-0.4, -0.2) is 4.57 Å². The van der Waals surface area contributed by atoms with Crippen LogP contribution >= 0.6 is 0 Å². The second-order valence-electron chi connectivity index (χ2n) is 14.9. The van der Waals surface area contributed by atoms with Crippen molar-refractivity contribution in [2.45, 2.75) is 0 Å². The van der Waals surface area contributed by atoms with Gasteiger partial charge in [-0.1, -0.05) is 133 Å². The highest BCUT2D eigenvalue weighted by molar-refractivity contribution is 6.23. The first-order valence-electron chi connectivity index (χ1n) is 19.5. The van der Waals surface area contributed by atoms with Crippen molar-refractivity contribution >= 4 is 93.1 Å². The van der Waals surface area contributed by atoms with Crippen LogP contribution in [0.4, 0.5) is 17.1 Å². The summed E-state index contributed by atoms with van der Waals surface area (Å²) in [6, 6.07) is 74.5. The third-order valence-corrected chi connectivity index (χ3v) is 11.7. The van der Waals surface area contributed by atoms with E-state index in [1.54, 1.807) is 0 Å². The smallest absolute Gasteiger partial charge is 0.143 e. The molecule has 0 aliphatic rings. The average molecular weight is 727 g/mol. The zero-order valence-electron chi connectivity index (χ0n) is 30.9. The molecule has 0 saturated heterocycles. The lowest BCUT2D eigenvalue weighted by atomic mass is 10.00. The summed E-state index contributed by atoms with van der Waals surface area (Å²) in [5, 5.41) is 11.9. The van der Waals surface area contributed by atoms with Gasteiger partial charge in [0.15, 0.2) is 0 Å². The molecule has 0 amide bonds. The zero-order valence-corrected chi connectivity index (χ0v) is 30.9. The lowest BCUT2D eigenvalue weighted by Gasteiger charge is -2.26. The molecule has 12 aromatic rings. The van der Waals surface area contributed by atoms with E-state index >= 15 is 0 Å². The van der Waals surface area contributed by atoms with Crippen LogP contribution in [0.5, 0.6) is 0 Å². The van der Waals surface area contributed by atoms with Gasteiger partial charge in [0.1, 0.15) is 11.2 Å². The van der Waals surface area contributed by atoms with Crippen LogP contribution in [0.25, 0.3) is 92.9 Å². The number of hydrogen-bond donors (Lipinski definition) is 0. The van der Waals surface area contributed by atoms with E-state index in [0.29, 0.717) is 0 Å². The molecule has 0 bridgehead atoms. The number of aromatic nitrogens is 1. The molecule has 0 N–H and O–H groups in total. The van der Waals surface area contributed by atoms with Gasteiger partial charge in [-0.25, -0.2) is 0 Å². The van der Waals surface area contributed by atoms with E-state index in [4.69, 9.17) is 4.42 Å². The van der Waals surface area contributed by atoms with E-state index in [2.05, 4.69) is 216 Å². The molecule has 0 radical (unpaired) electrons. The molecule has 0 spiro atoms. The van der Waals surface area contributed by atoms with E-state index in [1.807, 2.05) is 0 Å². The predicted octanol–water partition coefficient (Wildman–Crippen LogP) is 15.3. The number of nitrogens with zero attached hydrogens (tertiary/aromatic N) is 2. The highest BCUT2D eigenvalue weighted by Crippen LogP contribution is 2.46. The maximum absolute atomic E-state index is 6.74. The number of benzene rings is 10. The molecule has 0 atom stereocenters. The molecule has 3 nitrogen and oxygen atoms in total. The Morgan fingerprint density at radius 1 is 0.368 bits per heavy atom. The molecule has 3 heteroatoms. The van der Waals surface area contributed by atoms with Gasteiger partial charge in [-0.15, -0.1) is 0 Å².